The number of carbonyl (C=O) groups excluding carboxylic acids is 6. The summed E-state index contributed by atoms with van der Waals surface area (Å²) in [7, 11) is 0. The Kier molecular flexibility index (Phi) is 10.0. The van der Waals surface area contributed by atoms with Gasteiger partial charge in [0.2, 0.25) is 11.8 Å². The van der Waals surface area contributed by atoms with Gasteiger partial charge in [0.1, 0.15) is 29.2 Å². The largest absolute Gasteiger partial charge is 0.481 e. The number of aliphatic carboxylic acids is 1. The highest BCUT2D eigenvalue weighted by atomic mass is 35.5. The molecule has 0 spiro atoms. The van der Waals surface area contributed by atoms with E-state index in [4.69, 9.17) is 27.9 Å². The molecule has 4 N–H and O–H groups in total. The molecule has 3 atom stereocenters. The van der Waals surface area contributed by atoms with Crippen LogP contribution < -0.4 is 10.6 Å². The van der Waals surface area contributed by atoms with E-state index in [0.717, 1.165) is 10.0 Å². The van der Waals surface area contributed by atoms with Gasteiger partial charge in [-0.3, -0.25) is 33.8 Å². The predicted octanol–water partition coefficient (Wildman–Crippen LogP) is 1.28. The summed E-state index contributed by atoms with van der Waals surface area (Å²) in [6.07, 6.45) is -0.634. The van der Waals surface area contributed by atoms with Gasteiger partial charge in [0, 0.05) is 18.5 Å². The highest BCUT2D eigenvalue weighted by Crippen LogP contribution is 2.27. The van der Waals surface area contributed by atoms with Crippen molar-refractivity contribution in [2.75, 3.05) is 13.2 Å². The van der Waals surface area contributed by atoms with Crippen LogP contribution in [-0.4, -0.2) is 103 Å². The van der Waals surface area contributed by atoms with Gasteiger partial charge < -0.3 is 20.5 Å². The molecule has 0 radical (unpaired) electrons. The number of carboxylic acids is 1. The van der Waals surface area contributed by atoms with Crippen LogP contribution in [0.15, 0.2) is 36.4 Å². The van der Waals surface area contributed by atoms with Crippen LogP contribution in [0.25, 0.3) is 11.0 Å². The first-order valence-electron chi connectivity index (χ1n) is 14.4. The summed E-state index contributed by atoms with van der Waals surface area (Å²) < 4.78 is 5.01. The van der Waals surface area contributed by atoms with Crippen molar-refractivity contribution >= 4 is 75.6 Å². The lowest BCUT2D eigenvalue weighted by Gasteiger charge is -2.43. The second kappa shape index (κ2) is 14.1. The number of aromatic amines is 1. The lowest BCUT2D eigenvalue weighted by Crippen LogP contribution is -2.64. The number of nitrogens with zero attached hydrogens (tertiary/aromatic N) is 4. The number of halogens is 2. The first-order valence-corrected chi connectivity index (χ1v) is 15.1. The monoisotopic (exact) mass is 687 g/mol. The average molecular weight is 688 g/mol. The Morgan fingerprint density at radius 1 is 1.04 bits per heavy atom. The van der Waals surface area contributed by atoms with Crippen molar-refractivity contribution in [1.82, 2.24) is 36.1 Å². The number of benzene rings is 2. The molecule has 16 nitrogen and oxygen atoms in total. The number of carboxylic acid groups (broad SMARTS) is 1. The van der Waals surface area contributed by atoms with Crippen LogP contribution in [0.1, 0.15) is 52.8 Å². The van der Waals surface area contributed by atoms with Crippen LogP contribution in [0, 0.1) is 0 Å². The number of Topliss-reactive ketones (excluding diaryl/α,β-unsaturated/α-hetero) is 1. The maximum atomic E-state index is 13.8. The fraction of sp³-hybridized carbons (Fsp3) is 0.345. The van der Waals surface area contributed by atoms with E-state index in [0.29, 0.717) is 17.5 Å². The summed E-state index contributed by atoms with van der Waals surface area (Å²) in [6, 6.07) is 4.63. The fourth-order valence-corrected chi connectivity index (χ4v) is 5.87. The highest BCUT2D eigenvalue weighted by molar-refractivity contribution is 6.39. The molecule has 2 aliphatic rings. The van der Waals surface area contributed by atoms with Gasteiger partial charge in [0.25, 0.3) is 11.8 Å². The predicted molar refractivity (Wildman–Crippen MR) is 162 cm³/mol. The van der Waals surface area contributed by atoms with Gasteiger partial charge >= 0.3 is 11.9 Å². The number of hydrogen-bond donors (Lipinski definition) is 4. The van der Waals surface area contributed by atoms with Crippen molar-refractivity contribution in [3.05, 3.63) is 57.6 Å². The van der Waals surface area contributed by atoms with Crippen molar-refractivity contribution in [1.29, 1.82) is 0 Å². The van der Waals surface area contributed by atoms with E-state index in [1.165, 1.54) is 30.3 Å². The molecule has 2 fully saturated rings. The van der Waals surface area contributed by atoms with E-state index < -0.39 is 72.5 Å². The molecule has 3 aromatic rings. The number of hydrazine groups is 1. The molecule has 0 bridgehead atoms. The molecular weight excluding hydrogens is 661 g/mol. The smallest absolute Gasteiger partial charge is 0.341 e. The van der Waals surface area contributed by atoms with Gasteiger partial charge in [-0.1, -0.05) is 29.3 Å². The summed E-state index contributed by atoms with van der Waals surface area (Å²) in [6.45, 7) is -0.805. The maximum absolute atomic E-state index is 13.8. The number of H-pyrrole nitrogens is 1. The molecule has 1 aromatic heterocycles. The topological polar surface area (TPSA) is 221 Å². The van der Waals surface area contributed by atoms with Crippen molar-refractivity contribution in [2.24, 2.45) is 0 Å². The summed E-state index contributed by atoms with van der Waals surface area (Å²) in [5.41, 5.74) is 0.937. The quantitative estimate of drug-likeness (QED) is 0.222. The number of amides is 4. The Labute approximate surface area is 275 Å². The Morgan fingerprint density at radius 2 is 1.77 bits per heavy atom. The van der Waals surface area contributed by atoms with Gasteiger partial charge in [-0.15, -0.1) is 0 Å². The molecule has 0 saturated carbocycles. The zero-order chi connectivity index (χ0) is 33.8. The van der Waals surface area contributed by atoms with E-state index in [1.807, 2.05) is 0 Å². The third kappa shape index (κ3) is 7.33. The number of ether oxygens (including phenoxy) is 1. The van der Waals surface area contributed by atoms with Crippen LogP contribution in [0.4, 0.5) is 0 Å². The van der Waals surface area contributed by atoms with Crippen LogP contribution in [-0.2, 0) is 28.7 Å². The molecule has 2 unspecified atom stereocenters. The Balaban J connectivity index is 1.30. The van der Waals surface area contributed by atoms with E-state index in [9.17, 15) is 38.7 Å². The summed E-state index contributed by atoms with van der Waals surface area (Å²) in [5, 5.41) is 26.7. The van der Waals surface area contributed by atoms with Gasteiger partial charge in [-0.2, -0.15) is 15.4 Å². The molecule has 3 heterocycles. The number of nitrogens with one attached hydrogen (secondary N) is 3. The third-order valence-electron chi connectivity index (χ3n) is 7.64. The van der Waals surface area contributed by atoms with E-state index in [-0.39, 0.29) is 47.0 Å². The number of aromatic nitrogens is 3. The highest BCUT2D eigenvalue weighted by Gasteiger charge is 2.45. The number of ketones is 1. The molecule has 2 aromatic carbocycles. The van der Waals surface area contributed by atoms with Crippen molar-refractivity contribution in [3.8, 4) is 0 Å². The van der Waals surface area contributed by atoms with E-state index in [2.05, 4.69) is 26.0 Å². The second-order valence-electron chi connectivity index (χ2n) is 10.7. The van der Waals surface area contributed by atoms with E-state index >= 15 is 0 Å². The molecule has 2 saturated heterocycles. The van der Waals surface area contributed by atoms with Crippen molar-refractivity contribution in [3.63, 3.8) is 0 Å². The Hall–Kier alpha value is -5.09. The summed E-state index contributed by atoms with van der Waals surface area (Å²) in [4.78, 5) is 90.7. The zero-order valence-electron chi connectivity index (χ0n) is 24.4. The average Bonchev–Trinajstić information content (AvgIpc) is 3.48. The minimum Gasteiger partial charge on any atom is -0.481 e. The molecule has 47 heavy (non-hydrogen) atoms. The molecular formula is C29H27Cl2N7O9. The molecule has 246 valence electrons. The minimum absolute atomic E-state index is 0.0330. The summed E-state index contributed by atoms with van der Waals surface area (Å²) >= 11 is 12.0. The summed E-state index contributed by atoms with van der Waals surface area (Å²) in [5.74, 6) is -6.18. The lowest BCUT2D eigenvalue weighted by molar-refractivity contribution is -0.176. The first kappa shape index (κ1) is 33.3. The van der Waals surface area contributed by atoms with E-state index in [1.54, 1.807) is 6.07 Å². The van der Waals surface area contributed by atoms with Gasteiger partial charge in [-0.25, -0.2) is 9.80 Å². The molecule has 0 aliphatic carbocycles. The minimum atomic E-state index is -1.66. The first-order chi connectivity index (χ1) is 22.4. The number of hydrogen-bond acceptors (Lipinski definition) is 10. The third-order valence-corrected chi connectivity index (χ3v) is 8.27. The second-order valence-corrected chi connectivity index (χ2v) is 11.6. The number of fused-ring (bicyclic) bond motifs is 2. The van der Waals surface area contributed by atoms with Crippen molar-refractivity contribution in [2.45, 2.75) is 50.2 Å². The normalized spacial score (nSPS) is 18.6. The maximum Gasteiger partial charge on any atom is 0.341 e. The number of esters is 1. The molecule has 4 amide bonds. The standard InChI is InChI=1S/C29H27Cl2N7O9/c30-15-3-1-4-16(31)25(15)29(46)47-13-22(39)20(12-24(41)42)33-27(44)21-5-2-10-37-23(40)9-8-18(28(45)38(21)37)32-26(43)14-6-7-17-19(11-14)35-36-34-17/h1,3-4,6-7,11,18,20-21H,2,5,8-10,12-13H2,(H,32,43)(H,33,44)(H,41,42)(H,34,35,36)/t18?,20-,21?/m0/s1. The Bertz CT molecular complexity index is 1760. The SMILES string of the molecule is O=C(O)C[C@H](NC(=O)C1CCCN2C(=O)CCC(NC(=O)c3ccc4n[nH]nc4c3)C(=O)N12)C(=O)COC(=O)c1c(Cl)cccc1Cl. The van der Waals surface area contributed by atoms with Gasteiger partial charge in [-0.05, 0) is 49.6 Å². The molecule has 2 aliphatic heterocycles. The molecule has 18 heteroatoms. The Morgan fingerprint density at radius 3 is 2.49 bits per heavy atom. The van der Waals surface area contributed by atoms with Crippen LogP contribution in [0.2, 0.25) is 10.0 Å². The van der Waals surface area contributed by atoms with Crippen molar-refractivity contribution < 1.29 is 43.4 Å². The van der Waals surface area contributed by atoms with Gasteiger partial charge in [0.15, 0.2) is 12.4 Å². The van der Waals surface area contributed by atoms with Crippen LogP contribution >= 0.6 is 23.2 Å². The van der Waals surface area contributed by atoms with Crippen LogP contribution in [0.3, 0.4) is 0 Å². The zero-order valence-corrected chi connectivity index (χ0v) is 25.9. The lowest BCUT2D eigenvalue weighted by atomic mass is 10.0. The number of rotatable bonds is 10. The van der Waals surface area contributed by atoms with Crippen LogP contribution in [0.5, 0.6) is 0 Å². The number of carbonyl (C=O) groups is 7. The fourth-order valence-electron chi connectivity index (χ4n) is 5.32. The molecule has 5 rings (SSSR count). The van der Waals surface area contributed by atoms with Gasteiger partial charge in [0.05, 0.1) is 22.0 Å².